The smallest absolute Gasteiger partial charge is 0.245 e. The number of likely N-dealkylation sites (N-methyl/N-ethyl adjacent to an activating group) is 1. The first-order valence-electron chi connectivity index (χ1n) is 8.69. The van der Waals surface area contributed by atoms with Gasteiger partial charge in [0.2, 0.25) is 5.91 Å². The summed E-state index contributed by atoms with van der Waals surface area (Å²) in [5.41, 5.74) is 2.89. The fourth-order valence-electron chi connectivity index (χ4n) is 3.45. The van der Waals surface area contributed by atoms with E-state index in [-0.39, 0.29) is 17.9 Å². The first-order chi connectivity index (χ1) is 12.5. The lowest BCUT2D eigenvalue weighted by Gasteiger charge is -2.41. The predicted molar refractivity (Wildman–Crippen MR) is 97.5 cm³/mol. The van der Waals surface area contributed by atoms with Crippen LogP contribution in [0.4, 0.5) is 5.82 Å². The lowest BCUT2D eigenvalue weighted by Crippen LogP contribution is -2.58. The first kappa shape index (κ1) is 16.5. The van der Waals surface area contributed by atoms with Gasteiger partial charge in [-0.15, -0.1) is 5.10 Å². The Morgan fingerprint density at radius 3 is 2.73 bits per heavy atom. The molecule has 136 valence electrons. The molecule has 0 saturated carbocycles. The number of carbonyl (C=O) groups is 1. The predicted octanol–water partition coefficient (Wildman–Crippen LogP) is 1.06. The van der Waals surface area contributed by atoms with Crippen LogP contribution in [0.2, 0.25) is 0 Å². The third-order valence-electron chi connectivity index (χ3n) is 4.81. The quantitative estimate of drug-likeness (QED) is 0.755. The largest absolute Gasteiger partial charge is 0.343 e. The number of nitrogens with one attached hydrogen (secondary N) is 1. The molecule has 1 aliphatic rings. The van der Waals surface area contributed by atoms with E-state index >= 15 is 0 Å². The number of fused-ring (bicyclic) bond motifs is 1. The second-order valence-electron chi connectivity index (χ2n) is 7.06. The Hall–Kier alpha value is -2.97. The van der Waals surface area contributed by atoms with E-state index in [0.29, 0.717) is 17.9 Å². The number of H-pyrrole nitrogens is 1. The Labute approximate surface area is 151 Å². The Morgan fingerprint density at radius 2 is 2.04 bits per heavy atom. The topological polar surface area (TPSA) is 95.8 Å². The van der Waals surface area contributed by atoms with Crippen LogP contribution < -0.4 is 4.90 Å². The van der Waals surface area contributed by atoms with Crippen LogP contribution in [0, 0.1) is 5.92 Å². The summed E-state index contributed by atoms with van der Waals surface area (Å²) < 4.78 is 1.63. The SMILES string of the molecule is CC(C)C1C(=O)N(C)CCN1c1ccc2[nH]nc(-c3cn(C)nn3)c2n1. The van der Waals surface area contributed by atoms with Crippen LogP contribution in [-0.2, 0) is 11.8 Å². The van der Waals surface area contributed by atoms with Crippen LogP contribution in [-0.4, -0.2) is 67.2 Å². The van der Waals surface area contributed by atoms with Gasteiger partial charge in [0.15, 0.2) is 0 Å². The van der Waals surface area contributed by atoms with E-state index in [4.69, 9.17) is 4.98 Å². The number of rotatable bonds is 3. The lowest BCUT2D eigenvalue weighted by molar-refractivity contribution is -0.133. The van der Waals surface area contributed by atoms with Gasteiger partial charge in [-0.3, -0.25) is 14.6 Å². The van der Waals surface area contributed by atoms with Crippen LogP contribution in [0.25, 0.3) is 22.4 Å². The van der Waals surface area contributed by atoms with Crippen molar-refractivity contribution in [1.82, 2.24) is 35.1 Å². The number of aromatic amines is 1. The summed E-state index contributed by atoms with van der Waals surface area (Å²) in [5.74, 6) is 1.10. The van der Waals surface area contributed by atoms with E-state index in [1.165, 1.54) is 0 Å². The molecule has 0 spiro atoms. The molecule has 3 aromatic heterocycles. The molecule has 0 aromatic carbocycles. The summed E-state index contributed by atoms with van der Waals surface area (Å²) in [6, 6.07) is 3.67. The fraction of sp³-hybridized carbons (Fsp3) is 0.471. The third-order valence-corrected chi connectivity index (χ3v) is 4.81. The van der Waals surface area contributed by atoms with Gasteiger partial charge in [-0.05, 0) is 18.1 Å². The van der Waals surface area contributed by atoms with Crippen LogP contribution >= 0.6 is 0 Å². The van der Waals surface area contributed by atoms with Crippen LogP contribution in [0.1, 0.15) is 13.8 Å². The maximum absolute atomic E-state index is 12.7. The van der Waals surface area contributed by atoms with Crippen molar-refractivity contribution in [3.8, 4) is 11.4 Å². The highest BCUT2D eigenvalue weighted by atomic mass is 16.2. The normalized spacial score (nSPS) is 18.3. The van der Waals surface area contributed by atoms with Crippen molar-refractivity contribution in [3.63, 3.8) is 0 Å². The number of aryl methyl sites for hydroxylation is 1. The average Bonchev–Trinajstić information content (AvgIpc) is 3.22. The van der Waals surface area contributed by atoms with Crippen molar-refractivity contribution in [3.05, 3.63) is 18.3 Å². The number of amides is 1. The van der Waals surface area contributed by atoms with Crippen molar-refractivity contribution >= 4 is 22.8 Å². The highest BCUT2D eigenvalue weighted by molar-refractivity contribution is 5.90. The van der Waals surface area contributed by atoms with Gasteiger partial charge in [0, 0.05) is 27.2 Å². The van der Waals surface area contributed by atoms with Crippen molar-refractivity contribution in [1.29, 1.82) is 0 Å². The molecule has 0 bridgehead atoms. The van der Waals surface area contributed by atoms with Crippen molar-refractivity contribution in [2.45, 2.75) is 19.9 Å². The molecule has 1 aliphatic heterocycles. The number of aromatic nitrogens is 6. The van der Waals surface area contributed by atoms with Crippen LogP contribution in [0.5, 0.6) is 0 Å². The Balaban J connectivity index is 1.78. The summed E-state index contributed by atoms with van der Waals surface area (Å²) in [6.07, 6.45) is 1.81. The van der Waals surface area contributed by atoms with Gasteiger partial charge in [-0.25, -0.2) is 4.98 Å². The number of nitrogens with zero attached hydrogens (tertiary/aromatic N) is 7. The minimum absolute atomic E-state index is 0.134. The molecule has 4 rings (SSSR count). The number of hydrogen-bond acceptors (Lipinski definition) is 6. The third kappa shape index (κ3) is 2.59. The molecule has 0 radical (unpaired) electrons. The summed E-state index contributed by atoms with van der Waals surface area (Å²) in [6.45, 7) is 5.57. The molecule has 0 aliphatic carbocycles. The molecule has 9 nitrogen and oxygen atoms in total. The van der Waals surface area contributed by atoms with Crippen LogP contribution in [0.15, 0.2) is 18.3 Å². The molecule has 4 heterocycles. The number of piperazine rings is 1. The maximum atomic E-state index is 12.7. The molecule has 9 heteroatoms. The highest BCUT2D eigenvalue weighted by Gasteiger charge is 2.36. The second-order valence-corrected chi connectivity index (χ2v) is 7.06. The van der Waals surface area contributed by atoms with Crippen molar-refractivity contribution in [2.75, 3.05) is 25.0 Å². The maximum Gasteiger partial charge on any atom is 0.245 e. The molecular formula is C17H22N8O. The van der Waals surface area contributed by atoms with Gasteiger partial charge < -0.3 is 9.80 Å². The number of anilines is 1. The van der Waals surface area contributed by atoms with Gasteiger partial charge in [-0.2, -0.15) is 5.10 Å². The first-order valence-corrected chi connectivity index (χ1v) is 8.69. The van der Waals surface area contributed by atoms with Gasteiger partial charge in [0.05, 0.1) is 11.7 Å². The minimum atomic E-state index is -0.217. The van der Waals surface area contributed by atoms with E-state index in [0.717, 1.165) is 23.4 Å². The molecule has 1 N–H and O–H groups in total. The van der Waals surface area contributed by atoms with E-state index < -0.39 is 0 Å². The van der Waals surface area contributed by atoms with E-state index in [1.807, 2.05) is 26.2 Å². The molecular weight excluding hydrogens is 332 g/mol. The zero-order chi connectivity index (χ0) is 18.4. The van der Waals surface area contributed by atoms with Crippen LogP contribution in [0.3, 0.4) is 0 Å². The Morgan fingerprint density at radius 1 is 1.23 bits per heavy atom. The summed E-state index contributed by atoms with van der Waals surface area (Å²) in [4.78, 5) is 21.4. The fourth-order valence-corrected chi connectivity index (χ4v) is 3.45. The van der Waals surface area contributed by atoms with Gasteiger partial charge >= 0.3 is 0 Å². The number of carbonyl (C=O) groups excluding carboxylic acids is 1. The Kier molecular flexibility index (Phi) is 3.86. The number of hydrogen-bond donors (Lipinski definition) is 1. The van der Waals surface area contributed by atoms with Gasteiger partial charge in [0.25, 0.3) is 0 Å². The molecule has 1 unspecified atom stereocenters. The van der Waals surface area contributed by atoms with Crippen molar-refractivity contribution in [2.24, 2.45) is 13.0 Å². The molecule has 1 atom stereocenters. The molecule has 3 aromatic rings. The standard InChI is InChI=1S/C17H22N8O/c1-10(2)16-17(26)23(3)7-8-25(16)13-6-5-11-14(18-13)15(21-19-11)12-9-24(4)22-20-12/h5-6,9-10,16H,7-8H2,1-4H3,(H,19,21). The summed E-state index contributed by atoms with van der Waals surface area (Å²) >= 11 is 0. The highest BCUT2D eigenvalue weighted by Crippen LogP contribution is 2.28. The van der Waals surface area contributed by atoms with Crippen molar-refractivity contribution < 1.29 is 4.79 Å². The van der Waals surface area contributed by atoms with E-state index in [2.05, 4.69) is 39.3 Å². The van der Waals surface area contributed by atoms with Gasteiger partial charge in [0.1, 0.15) is 28.8 Å². The van der Waals surface area contributed by atoms with Gasteiger partial charge in [-0.1, -0.05) is 19.1 Å². The minimum Gasteiger partial charge on any atom is -0.343 e. The zero-order valence-electron chi connectivity index (χ0n) is 15.3. The Bertz CT molecular complexity index is 959. The molecule has 1 saturated heterocycles. The second kappa shape index (κ2) is 6.08. The summed E-state index contributed by atoms with van der Waals surface area (Å²) in [5, 5.41) is 15.4. The van der Waals surface area contributed by atoms with E-state index in [1.54, 1.807) is 15.8 Å². The number of pyridine rings is 1. The monoisotopic (exact) mass is 354 g/mol. The molecule has 1 fully saturated rings. The average molecular weight is 354 g/mol. The lowest BCUT2D eigenvalue weighted by atomic mass is 9.99. The summed E-state index contributed by atoms with van der Waals surface area (Å²) in [7, 11) is 3.67. The van der Waals surface area contributed by atoms with E-state index in [9.17, 15) is 4.79 Å². The molecule has 26 heavy (non-hydrogen) atoms. The zero-order valence-corrected chi connectivity index (χ0v) is 15.3. The molecule has 1 amide bonds.